The van der Waals surface area contributed by atoms with Crippen molar-refractivity contribution in [2.24, 2.45) is 11.7 Å². The van der Waals surface area contributed by atoms with Crippen LogP contribution in [0.4, 0.5) is 0 Å². The number of likely N-dealkylation sites (N-methyl/N-ethyl adjacent to an activating group) is 1. The van der Waals surface area contributed by atoms with Crippen molar-refractivity contribution in [1.82, 2.24) is 4.90 Å². The molecule has 2 atom stereocenters. The Kier molecular flexibility index (Phi) is 5.36. The highest BCUT2D eigenvalue weighted by Gasteiger charge is 2.16. The normalized spacial score (nSPS) is 15.2. The Morgan fingerprint density at radius 3 is 2.00 bits per heavy atom. The molecule has 0 radical (unpaired) electrons. The van der Waals surface area contributed by atoms with Crippen molar-refractivity contribution >= 4 is 0 Å². The topological polar surface area (TPSA) is 29.3 Å². The molecule has 0 aliphatic heterocycles. The molecule has 0 saturated heterocycles. The van der Waals surface area contributed by atoms with E-state index in [1.165, 1.54) is 16.7 Å². The molecule has 0 fully saturated rings. The van der Waals surface area contributed by atoms with Crippen molar-refractivity contribution in [1.29, 1.82) is 0 Å². The van der Waals surface area contributed by atoms with Gasteiger partial charge in [-0.2, -0.15) is 0 Å². The van der Waals surface area contributed by atoms with Crippen LogP contribution in [-0.2, 0) is 0 Å². The zero-order valence-electron chi connectivity index (χ0n) is 12.7. The monoisotopic (exact) mass is 248 g/mol. The maximum Gasteiger partial charge on any atom is 0.0424 e. The summed E-state index contributed by atoms with van der Waals surface area (Å²) in [5.41, 5.74) is 10.2. The van der Waals surface area contributed by atoms with Crippen LogP contribution >= 0.6 is 0 Å². The summed E-state index contributed by atoms with van der Waals surface area (Å²) in [6.07, 6.45) is 0. The zero-order valence-corrected chi connectivity index (χ0v) is 12.7. The summed E-state index contributed by atoms with van der Waals surface area (Å²) in [7, 11) is 2.16. The van der Waals surface area contributed by atoms with Crippen LogP contribution in [0, 0.1) is 19.8 Å². The lowest BCUT2D eigenvalue weighted by molar-refractivity contribution is 0.197. The van der Waals surface area contributed by atoms with E-state index < -0.39 is 0 Å². The SMILES string of the molecule is Cc1cc(C)cc(C(N)CN(C)C(C)C(C)C)c1. The smallest absolute Gasteiger partial charge is 0.0424 e. The van der Waals surface area contributed by atoms with Gasteiger partial charge in [0, 0.05) is 18.6 Å². The predicted octanol–water partition coefficient (Wildman–Crippen LogP) is 3.28. The minimum absolute atomic E-state index is 0.0924. The second kappa shape index (κ2) is 6.35. The van der Waals surface area contributed by atoms with E-state index in [1.807, 2.05) is 0 Å². The van der Waals surface area contributed by atoms with Crippen molar-refractivity contribution in [3.8, 4) is 0 Å². The summed E-state index contributed by atoms with van der Waals surface area (Å²) in [6.45, 7) is 11.9. The minimum atomic E-state index is 0.0924. The van der Waals surface area contributed by atoms with E-state index in [-0.39, 0.29) is 6.04 Å². The van der Waals surface area contributed by atoms with Crippen LogP contribution in [0.2, 0.25) is 0 Å². The van der Waals surface area contributed by atoms with Gasteiger partial charge in [0.2, 0.25) is 0 Å². The van der Waals surface area contributed by atoms with Gasteiger partial charge in [0.15, 0.2) is 0 Å². The van der Waals surface area contributed by atoms with Crippen molar-refractivity contribution in [2.45, 2.75) is 46.7 Å². The average molecular weight is 248 g/mol. The van der Waals surface area contributed by atoms with Crippen molar-refractivity contribution < 1.29 is 0 Å². The lowest BCUT2D eigenvalue weighted by atomic mass is 10.00. The molecule has 0 saturated carbocycles. The third kappa shape index (κ3) is 4.11. The Hall–Kier alpha value is -0.860. The van der Waals surface area contributed by atoms with Crippen LogP contribution in [0.15, 0.2) is 18.2 Å². The fraction of sp³-hybridized carbons (Fsp3) is 0.625. The highest BCUT2D eigenvalue weighted by molar-refractivity contribution is 5.30. The molecule has 2 N–H and O–H groups in total. The van der Waals surface area contributed by atoms with Gasteiger partial charge in [0.25, 0.3) is 0 Å². The Morgan fingerprint density at radius 1 is 1.06 bits per heavy atom. The molecule has 0 aliphatic rings. The van der Waals surface area contributed by atoms with Gasteiger partial charge in [-0.25, -0.2) is 0 Å². The molecule has 18 heavy (non-hydrogen) atoms. The largest absolute Gasteiger partial charge is 0.323 e. The van der Waals surface area contributed by atoms with Crippen LogP contribution in [0.5, 0.6) is 0 Å². The number of nitrogens with zero attached hydrogens (tertiary/aromatic N) is 1. The molecule has 0 spiro atoms. The van der Waals surface area contributed by atoms with E-state index in [4.69, 9.17) is 5.73 Å². The summed E-state index contributed by atoms with van der Waals surface area (Å²) in [5, 5.41) is 0. The van der Waals surface area contributed by atoms with Gasteiger partial charge in [-0.15, -0.1) is 0 Å². The first-order valence-electron chi connectivity index (χ1n) is 6.85. The second-order valence-corrected chi connectivity index (χ2v) is 5.95. The average Bonchev–Trinajstić information content (AvgIpc) is 2.26. The van der Waals surface area contributed by atoms with Crippen LogP contribution in [0.1, 0.15) is 43.5 Å². The molecule has 102 valence electrons. The molecule has 1 aromatic rings. The first kappa shape index (κ1) is 15.2. The van der Waals surface area contributed by atoms with Gasteiger partial charge in [0.1, 0.15) is 0 Å². The zero-order chi connectivity index (χ0) is 13.9. The molecule has 0 aromatic heterocycles. The van der Waals surface area contributed by atoms with Crippen LogP contribution in [0.3, 0.4) is 0 Å². The van der Waals surface area contributed by atoms with E-state index in [0.717, 1.165) is 6.54 Å². The predicted molar refractivity (Wildman–Crippen MR) is 79.8 cm³/mol. The summed E-state index contributed by atoms with van der Waals surface area (Å²) in [5.74, 6) is 0.654. The molecule has 0 aliphatic carbocycles. The molecule has 1 rings (SSSR count). The number of hydrogen-bond donors (Lipinski definition) is 1. The first-order chi connectivity index (χ1) is 8.31. The maximum absolute atomic E-state index is 6.33. The number of benzene rings is 1. The molecule has 2 nitrogen and oxygen atoms in total. The molecule has 2 heteroatoms. The molecular weight excluding hydrogens is 220 g/mol. The quantitative estimate of drug-likeness (QED) is 0.866. The number of hydrogen-bond acceptors (Lipinski definition) is 2. The summed E-state index contributed by atoms with van der Waals surface area (Å²) >= 11 is 0. The van der Waals surface area contributed by atoms with Crippen LogP contribution < -0.4 is 5.73 Å². The third-order valence-electron chi connectivity index (χ3n) is 3.82. The van der Waals surface area contributed by atoms with Gasteiger partial charge < -0.3 is 10.6 Å². The van der Waals surface area contributed by atoms with Crippen molar-refractivity contribution in [2.75, 3.05) is 13.6 Å². The van der Waals surface area contributed by atoms with E-state index >= 15 is 0 Å². The number of nitrogens with two attached hydrogens (primary N) is 1. The highest BCUT2D eigenvalue weighted by atomic mass is 15.1. The second-order valence-electron chi connectivity index (χ2n) is 5.95. The Labute approximate surface area is 112 Å². The van der Waals surface area contributed by atoms with Gasteiger partial charge in [-0.1, -0.05) is 43.2 Å². The standard InChI is InChI=1S/C16H28N2/c1-11(2)14(5)18(6)10-16(17)15-8-12(3)7-13(4)9-15/h7-9,11,14,16H,10,17H2,1-6H3. The molecule has 2 unspecified atom stereocenters. The van der Waals surface area contributed by atoms with E-state index in [1.54, 1.807) is 0 Å². The van der Waals surface area contributed by atoms with Crippen LogP contribution in [0.25, 0.3) is 0 Å². The van der Waals surface area contributed by atoms with Gasteiger partial charge in [-0.05, 0) is 39.3 Å². The third-order valence-corrected chi connectivity index (χ3v) is 3.82. The van der Waals surface area contributed by atoms with Gasteiger partial charge in [-0.3, -0.25) is 0 Å². The van der Waals surface area contributed by atoms with E-state index in [0.29, 0.717) is 12.0 Å². The van der Waals surface area contributed by atoms with Crippen LogP contribution in [-0.4, -0.2) is 24.5 Å². The Bertz CT molecular complexity index is 364. The number of aryl methyl sites for hydroxylation is 2. The van der Waals surface area contributed by atoms with Gasteiger partial charge >= 0.3 is 0 Å². The molecule has 1 aromatic carbocycles. The van der Waals surface area contributed by atoms with Crippen molar-refractivity contribution in [3.63, 3.8) is 0 Å². The van der Waals surface area contributed by atoms with Crippen molar-refractivity contribution in [3.05, 3.63) is 34.9 Å². The Balaban J connectivity index is 2.73. The van der Waals surface area contributed by atoms with E-state index in [9.17, 15) is 0 Å². The first-order valence-corrected chi connectivity index (χ1v) is 6.85. The minimum Gasteiger partial charge on any atom is -0.323 e. The lowest BCUT2D eigenvalue weighted by Gasteiger charge is -2.30. The fourth-order valence-corrected chi connectivity index (χ4v) is 2.31. The summed E-state index contributed by atoms with van der Waals surface area (Å²) in [4.78, 5) is 2.35. The fourth-order valence-electron chi connectivity index (χ4n) is 2.31. The molecular formula is C16H28N2. The van der Waals surface area contributed by atoms with Gasteiger partial charge in [0.05, 0.1) is 0 Å². The molecule has 0 amide bonds. The highest BCUT2D eigenvalue weighted by Crippen LogP contribution is 2.18. The Morgan fingerprint density at radius 2 is 1.56 bits per heavy atom. The number of rotatable bonds is 5. The summed E-state index contributed by atoms with van der Waals surface area (Å²) in [6, 6.07) is 7.24. The maximum atomic E-state index is 6.33. The molecule has 0 heterocycles. The summed E-state index contributed by atoms with van der Waals surface area (Å²) < 4.78 is 0. The molecule has 0 bridgehead atoms. The van der Waals surface area contributed by atoms with E-state index in [2.05, 4.69) is 64.8 Å². The lowest BCUT2D eigenvalue weighted by Crippen LogP contribution is -2.38.